The first-order valence-electron chi connectivity index (χ1n) is 15.4. The number of carbonyl (C=O) groups is 1. The number of nitrogens with one attached hydrogen (secondary N) is 1. The minimum atomic E-state index is -3.93. The summed E-state index contributed by atoms with van der Waals surface area (Å²) in [5.74, 6) is -2.35. The Morgan fingerprint density at radius 2 is 1.71 bits per heavy atom. The predicted molar refractivity (Wildman–Crippen MR) is 177 cm³/mol. The number of azide groups is 1. The standard InChI is InChI=1S/C35H33F2N5O6S/c36-27-19-24(20-28(37)21-27)22-39-34(44)35(15-18-49(45,46)30-8-2-1-3-9-30)32(31-10-5-4-7-26(31)23-40-42-38)48-33(41-35)25-11-13-29(14-12-25)47-17-6-16-43/h1-5,7-14,19-21,32,43H,6,15-18,22-23H2,(H,39,44)/t32-,35-/m1/s1. The molecule has 0 fully saturated rings. The number of carbonyl (C=O) groups excluding carboxylic acids is 1. The highest BCUT2D eigenvalue weighted by Crippen LogP contribution is 2.44. The van der Waals surface area contributed by atoms with E-state index >= 15 is 0 Å². The highest BCUT2D eigenvalue weighted by molar-refractivity contribution is 7.91. The van der Waals surface area contributed by atoms with Gasteiger partial charge in [0.1, 0.15) is 17.4 Å². The first kappa shape index (κ1) is 35.0. The molecule has 5 rings (SSSR count). The lowest BCUT2D eigenvalue weighted by molar-refractivity contribution is -0.129. The number of rotatable bonds is 15. The molecule has 49 heavy (non-hydrogen) atoms. The van der Waals surface area contributed by atoms with E-state index in [4.69, 9.17) is 25.1 Å². The average molecular weight is 690 g/mol. The van der Waals surface area contributed by atoms with Gasteiger partial charge < -0.3 is 19.9 Å². The lowest BCUT2D eigenvalue weighted by Gasteiger charge is -2.31. The van der Waals surface area contributed by atoms with Crippen LogP contribution < -0.4 is 10.1 Å². The van der Waals surface area contributed by atoms with Crippen LogP contribution in [-0.4, -0.2) is 49.8 Å². The van der Waals surface area contributed by atoms with Crippen LogP contribution >= 0.6 is 0 Å². The van der Waals surface area contributed by atoms with Crippen molar-refractivity contribution in [1.29, 1.82) is 0 Å². The minimum absolute atomic E-state index is 0.0242. The highest BCUT2D eigenvalue weighted by Gasteiger charge is 2.54. The second kappa shape index (κ2) is 15.7. The maximum atomic E-state index is 14.4. The summed E-state index contributed by atoms with van der Waals surface area (Å²) in [5.41, 5.74) is 8.69. The van der Waals surface area contributed by atoms with Crippen LogP contribution in [0.1, 0.15) is 41.2 Å². The smallest absolute Gasteiger partial charge is 0.252 e. The van der Waals surface area contributed by atoms with Gasteiger partial charge >= 0.3 is 0 Å². The Hall–Kier alpha value is -5.30. The lowest BCUT2D eigenvalue weighted by Crippen LogP contribution is -2.49. The van der Waals surface area contributed by atoms with Gasteiger partial charge in [-0.2, -0.15) is 0 Å². The molecular weight excluding hydrogens is 656 g/mol. The molecule has 0 saturated carbocycles. The zero-order chi connectivity index (χ0) is 34.9. The Morgan fingerprint density at radius 3 is 2.41 bits per heavy atom. The van der Waals surface area contributed by atoms with E-state index in [-0.39, 0.29) is 42.5 Å². The van der Waals surface area contributed by atoms with Gasteiger partial charge in [0.05, 0.1) is 23.8 Å². The first-order chi connectivity index (χ1) is 23.6. The zero-order valence-corrected chi connectivity index (χ0v) is 27.0. The maximum absolute atomic E-state index is 14.4. The molecule has 1 heterocycles. The Kier molecular flexibility index (Phi) is 11.2. The number of amides is 1. The van der Waals surface area contributed by atoms with E-state index in [1.54, 1.807) is 66.7 Å². The van der Waals surface area contributed by atoms with E-state index in [1.165, 1.54) is 12.1 Å². The third-order valence-corrected chi connectivity index (χ3v) is 9.63. The molecule has 11 nitrogen and oxygen atoms in total. The summed E-state index contributed by atoms with van der Waals surface area (Å²) in [6.07, 6.45) is -1.11. The summed E-state index contributed by atoms with van der Waals surface area (Å²) >= 11 is 0. The van der Waals surface area contributed by atoms with Crippen LogP contribution in [0.5, 0.6) is 5.75 Å². The summed E-state index contributed by atoms with van der Waals surface area (Å²) in [6.45, 7) is -0.113. The topological polar surface area (TPSA) is 163 Å². The molecule has 0 radical (unpaired) electrons. The fourth-order valence-corrected chi connectivity index (χ4v) is 6.86. The molecule has 1 amide bonds. The van der Waals surface area contributed by atoms with Crippen molar-refractivity contribution in [3.8, 4) is 5.75 Å². The summed E-state index contributed by atoms with van der Waals surface area (Å²) in [4.78, 5) is 22.2. The van der Waals surface area contributed by atoms with E-state index in [9.17, 15) is 22.0 Å². The number of ether oxygens (including phenoxy) is 2. The molecule has 0 bridgehead atoms. The van der Waals surface area contributed by atoms with Gasteiger partial charge in [-0.15, -0.1) is 0 Å². The number of hydrogen-bond donors (Lipinski definition) is 2. The molecule has 4 aromatic rings. The number of hydrogen-bond acceptors (Lipinski definition) is 8. The molecule has 2 N–H and O–H groups in total. The number of aliphatic hydroxyl groups is 1. The Bertz CT molecular complexity index is 1950. The SMILES string of the molecule is [N-]=[N+]=NCc1ccccc1[C@H]1OC(c2ccc(OCCCO)cc2)=N[C@@]1(CCS(=O)(=O)c1ccccc1)C(=O)NCc1cc(F)cc(F)c1. The Morgan fingerprint density at radius 1 is 1.02 bits per heavy atom. The minimum Gasteiger partial charge on any atom is -0.494 e. The van der Waals surface area contributed by atoms with E-state index in [0.29, 0.717) is 41.5 Å². The number of benzene rings is 4. The van der Waals surface area contributed by atoms with Gasteiger partial charge in [0.25, 0.3) is 5.91 Å². The molecule has 1 aliphatic rings. The summed E-state index contributed by atoms with van der Waals surface area (Å²) in [7, 11) is -3.93. The van der Waals surface area contributed by atoms with E-state index < -0.39 is 44.8 Å². The van der Waals surface area contributed by atoms with Gasteiger partial charge in [-0.05, 0) is 70.8 Å². The molecule has 0 unspecified atom stereocenters. The quantitative estimate of drug-likeness (QED) is 0.0676. The van der Waals surface area contributed by atoms with E-state index in [2.05, 4.69) is 15.3 Å². The molecule has 0 aliphatic carbocycles. The number of aliphatic hydroxyl groups excluding tert-OH is 1. The van der Waals surface area contributed by atoms with Crippen LogP contribution in [0.15, 0.2) is 112 Å². The van der Waals surface area contributed by atoms with Crippen molar-refractivity contribution in [3.05, 3.63) is 141 Å². The number of halogens is 2. The normalized spacial score (nSPS) is 17.0. The van der Waals surface area contributed by atoms with Gasteiger partial charge in [-0.3, -0.25) is 4.79 Å². The zero-order valence-electron chi connectivity index (χ0n) is 26.2. The highest BCUT2D eigenvalue weighted by atomic mass is 32.2. The number of nitrogens with zero attached hydrogens (tertiary/aromatic N) is 4. The maximum Gasteiger partial charge on any atom is 0.252 e. The molecule has 254 valence electrons. The molecular formula is C35H33F2N5O6S. The van der Waals surface area contributed by atoms with E-state index in [0.717, 1.165) is 12.1 Å². The van der Waals surface area contributed by atoms with Gasteiger partial charge in [0, 0.05) is 42.5 Å². The van der Waals surface area contributed by atoms with Gasteiger partial charge in [-0.25, -0.2) is 22.2 Å². The van der Waals surface area contributed by atoms with Crippen molar-refractivity contribution in [2.75, 3.05) is 19.0 Å². The van der Waals surface area contributed by atoms with Gasteiger partial charge in [-0.1, -0.05) is 47.6 Å². The Balaban J connectivity index is 1.60. The average Bonchev–Trinajstić information content (AvgIpc) is 3.50. The predicted octanol–water partition coefficient (Wildman–Crippen LogP) is 5.97. The summed E-state index contributed by atoms with van der Waals surface area (Å²) in [6, 6.07) is 24.1. The molecule has 0 saturated heterocycles. The second-order valence-electron chi connectivity index (χ2n) is 11.2. The van der Waals surface area contributed by atoms with Crippen LogP contribution in [0.25, 0.3) is 10.4 Å². The summed E-state index contributed by atoms with van der Waals surface area (Å²) in [5, 5.41) is 15.5. The van der Waals surface area contributed by atoms with Crippen molar-refractivity contribution < 1.29 is 36.6 Å². The van der Waals surface area contributed by atoms with Crippen LogP contribution in [0.3, 0.4) is 0 Å². The van der Waals surface area contributed by atoms with Gasteiger partial charge in [0.15, 0.2) is 21.5 Å². The van der Waals surface area contributed by atoms with Crippen molar-refractivity contribution in [2.24, 2.45) is 10.1 Å². The fourth-order valence-electron chi connectivity index (χ4n) is 5.47. The lowest BCUT2D eigenvalue weighted by atomic mass is 9.83. The monoisotopic (exact) mass is 689 g/mol. The van der Waals surface area contributed by atoms with Crippen molar-refractivity contribution in [1.82, 2.24) is 5.32 Å². The first-order valence-corrected chi connectivity index (χ1v) is 17.0. The molecule has 0 aromatic heterocycles. The van der Waals surface area contributed by atoms with Crippen LogP contribution in [0.4, 0.5) is 8.78 Å². The molecule has 4 aromatic carbocycles. The molecule has 1 aliphatic heterocycles. The largest absolute Gasteiger partial charge is 0.494 e. The molecule has 0 spiro atoms. The van der Waals surface area contributed by atoms with Gasteiger partial charge in [0.2, 0.25) is 5.90 Å². The van der Waals surface area contributed by atoms with Crippen molar-refractivity contribution >= 4 is 21.6 Å². The van der Waals surface area contributed by atoms with Crippen LogP contribution in [-0.2, 0) is 32.5 Å². The number of aliphatic imine (C=N–C) groups is 1. The molecule has 14 heteroatoms. The van der Waals surface area contributed by atoms with Crippen LogP contribution in [0, 0.1) is 11.6 Å². The second-order valence-corrected chi connectivity index (χ2v) is 13.3. The van der Waals surface area contributed by atoms with E-state index in [1.807, 2.05) is 0 Å². The fraction of sp³-hybridized carbons (Fsp3) is 0.257. The summed E-state index contributed by atoms with van der Waals surface area (Å²) < 4.78 is 67.2. The van der Waals surface area contributed by atoms with Crippen LogP contribution in [0.2, 0.25) is 0 Å². The number of sulfone groups is 1. The van der Waals surface area contributed by atoms with Crippen molar-refractivity contribution in [3.63, 3.8) is 0 Å². The third-order valence-electron chi connectivity index (χ3n) is 7.90. The molecule has 2 atom stereocenters. The third kappa shape index (κ3) is 8.41. The van der Waals surface area contributed by atoms with Crippen molar-refractivity contribution in [2.45, 2.75) is 42.5 Å². The Labute approximate surface area is 281 Å².